The van der Waals surface area contributed by atoms with Crippen molar-refractivity contribution in [3.63, 3.8) is 0 Å². The third-order valence-electron chi connectivity index (χ3n) is 5.44. The van der Waals surface area contributed by atoms with Crippen LogP contribution in [0.15, 0.2) is 48.5 Å². The van der Waals surface area contributed by atoms with E-state index in [1.54, 1.807) is 11.8 Å². The van der Waals surface area contributed by atoms with Gasteiger partial charge in [-0.2, -0.15) is 0 Å². The molecule has 0 aliphatic carbocycles. The number of ether oxygens (including phenoxy) is 2. The molecule has 2 rings (SSSR count). The fourth-order valence-electron chi connectivity index (χ4n) is 3.61. The predicted octanol–water partition coefficient (Wildman–Crippen LogP) is 4.40. The molecule has 180 valence electrons. The molecule has 1 N–H and O–H groups in total. The van der Waals surface area contributed by atoms with Crippen LogP contribution >= 0.6 is 0 Å². The maximum Gasteiger partial charge on any atom is 0.242 e. The lowest BCUT2D eigenvalue weighted by atomic mass is 10.1. The van der Waals surface area contributed by atoms with Crippen LogP contribution in [0.1, 0.15) is 51.7 Å². The summed E-state index contributed by atoms with van der Waals surface area (Å²) in [6, 6.07) is 15.3. The van der Waals surface area contributed by atoms with Crippen molar-refractivity contribution in [2.24, 2.45) is 0 Å². The molecule has 0 radical (unpaired) electrons. The van der Waals surface area contributed by atoms with E-state index in [-0.39, 0.29) is 11.8 Å². The molecule has 0 saturated heterocycles. The second kappa shape index (κ2) is 14.2. The fourth-order valence-corrected chi connectivity index (χ4v) is 3.61. The first kappa shape index (κ1) is 26.2. The molecule has 0 fully saturated rings. The van der Waals surface area contributed by atoms with E-state index in [4.69, 9.17) is 9.47 Å². The molecule has 0 bridgehead atoms. The van der Waals surface area contributed by atoms with Crippen molar-refractivity contribution in [2.45, 2.75) is 59.4 Å². The SMILES string of the molecule is CCCNC(=O)C(C)N(CCc1ccccc1)C(=O)CCc1ccc(OCC)c(OCC)c1. The van der Waals surface area contributed by atoms with Crippen LogP contribution in [0.5, 0.6) is 11.5 Å². The van der Waals surface area contributed by atoms with Crippen molar-refractivity contribution < 1.29 is 19.1 Å². The largest absolute Gasteiger partial charge is 0.490 e. The van der Waals surface area contributed by atoms with E-state index in [1.165, 1.54) is 0 Å². The van der Waals surface area contributed by atoms with Gasteiger partial charge in [-0.05, 0) is 63.3 Å². The molecule has 2 amide bonds. The molecule has 0 heterocycles. The first-order valence-electron chi connectivity index (χ1n) is 12.0. The molecule has 6 heteroatoms. The number of carbonyl (C=O) groups is 2. The highest BCUT2D eigenvalue weighted by Crippen LogP contribution is 2.29. The Labute approximate surface area is 198 Å². The van der Waals surface area contributed by atoms with Crippen LogP contribution in [-0.2, 0) is 22.4 Å². The van der Waals surface area contributed by atoms with Crippen molar-refractivity contribution in [1.29, 1.82) is 0 Å². The number of benzene rings is 2. The molecule has 2 aromatic rings. The zero-order valence-electron chi connectivity index (χ0n) is 20.4. The van der Waals surface area contributed by atoms with Gasteiger partial charge in [0.25, 0.3) is 0 Å². The number of rotatable bonds is 14. The Morgan fingerprint density at radius 1 is 0.909 bits per heavy atom. The normalized spacial score (nSPS) is 11.5. The minimum absolute atomic E-state index is 0.0306. The topological polar surface area (TPSA) is 67.9 Å². The summed E-state index contributed by atoms with van der Waals surface area (Å²) < 4.78 is 11.3. The van der Waals surface area contributed by atoms with Crippen LogP contribution in [0.4, 0.5) is 0 Å². The summed E-state index contributed by atoms with van der Waals surface area (Å²) in [5, 5.41) is 2.92. The zero-order chi connectivity index (χ0) is 24.1. The molecular formula is C27H38N2O4. The lowest BCUT2D eigenvalue weighted by Gasteiger charge is -2.29. The summed E-state index contributed by atoms with van der Waals surface area (Å²) in [5.74, 6) is 1.26. The number of carbonyl (C=O) groups excluding carboxylic acids is 2. The monoisotopic (exact) mass is 454 g/mol. The van der Waals surface area contributed by atoms with E-state index < -0.39 is 6.04 Å². The van der Waals surface area contributed by atoms with Crippen LogP contribution in [0.3, 0.4) is 0 Å². The minimum atomic E-state index is -0.521. The van der Waals surface area contributed by atoms with Gasteiger partial charge < -0.3 is 19.7 Å². The summed E-state index contributed by atoms with van der Waals surface area (Å²) in [7, 11) is 0. The molecule has 33 heavy (non-hydrogen) atoms. The highest BCUT2D eigenvalue weighted by Gasteiger charge is 2.25. The minimum Gasteiger partial charge on any atom is -0.490 e. The number of hydrogen-bond donors (Lipinski definition) is 1. The maximum atomic E-state index is 13.2. The molecule has 6 nitrogen and oxygen atoms in total. The number of hydrogen-bond acceptors (Lipinski definition) is 4. The zero-order valence-corrected chi connectivity index (χ0v) is 20.4. The Bertz CT molecular complexity index is 870. The maximum absolute atomic E-state index is 13.2. The molecule has 0 saturated carbocycles. The first-order valence-corrected chi connectivity index (χ1v) is 12.0. The number of aryl methyl sites for hydroxylation is 1. The second-order valence-corrected chi connectivity index (χ2v) is 7.94. The lowest BCUT2D eigenvalue weighted by Crippen LogP contribution is -2.49. The van der Waals surface area contributed by atoms with Crippen molar-refractivity contribution in [1.82, 2.24) is 10.2 Å². The van der Waals surface area contributed by atoms with Gasteiger partial charge in [0.2, 0.25) is 11.8 Å². The number of nitrogens with zero attached hydrogens (tertiary/aromatic N) is 1. The van der Waals surface area contributed by atoms with Crippen molar-refractivity contribution >= 4 is 11.8 Å². The quantitative estimate of drug-likeness (QED) is 0.459. The molecule has 0 aromatic heterocycles. The third-order valence-corrected chi connectivity index (χ3v) is 5.44. The summed E-state index contributed by atoms with van der Waals surface area (Å²) in [6.45, 7) is 9.89. The van der Waals surface area contributed by atoms with E-state index >= 15 is 0 Å². The highest BCUT2D eigenvalue weighted by molar-refractivity contribution is 5.87. The average Bonchev–Trinajstić information content (AvgIpc) is 2.83. The molecule has 0 aliphatic rings. The lowest BCUT2D eigenvalue weighted by molar-refractivity contribution is -0.139. The van der Waals surface area contributed by atoms with E-state index in [1.807, 2.05) is 69.3 Å². The number of nitrogens with one attached hydrogen (secondary N) is 1. The fraction of sp³-hybridized carbons (Fsp3) is 0.481. The van der Waals surface area contributed by atoms with Gasteiger partial charge >= 0.3 is 0 Å². The first-order chi connectivity index (χ1) is 16.0. The summed E-state index contributed by atoms with van der Waals surface area (Å²) >= 11 is 0. The molecule has 1 atom stereocenters. The van der Waals surface area contributed by atoms with E-state index in [9.17, 15) is 9.59 Å². The van der Waals surface area contributed by atoms with Gasteiger partial charge in [0.05, 0.1) is 13.2 Å². The van der Waals surface area contributed by atoms with Gasteiger partial charge in [0.15, 0.2) is 11.5 Å². The van der Waals surface area contributed by atoms with Crippen molar-refractivity contribution in [2.75, 3.05) is 26.3 Å². The summed E-state index contributed by atoms with van der Waals surface area (Å²) in [5.41, 5.74) is 2.14. The average molecular weight is 455 g/mol. The van der Waals surface area contributed by atoms with E-state index in [0.29, 0.717) is 57.1 Å². The molecule has 1 unspecified atom stereocenters. The van der Waals surface area contributed by atoms with E-state index in [2.05, 4.69) is 5.32 Å². The van der Waals surface area contributed by atoms with Gasteiger partial charge in [-0.3, -0.25) is 9.59 Å². The van der Waals surface area contributed by atoms with Crippen LogP contribution < -0.4 is 14.8 Å². The van der Waals surface area contributed by atoms with Crippen LogP contribution in [0.25, 0.3) is 0 Å². The van der Waals surface area contributed by atoms with Gasteiger partial charge in [0.1, 0.15) is 6.04 Å². The van der Waals surface area contributed by atoms with Gasteiger partial charge in [0, 0.05) is 19.5 Å². The second-order valence-electron chi connectivity index (χ2n) is 7.94. The van der Waals surface area contributed by atoms with Gasteiger partial charge in [-0.1, -0.05) is 43.3 Å². The summed E-state index contributed by atoms with van der Waals surface area (Å²) in [4.78, 5) is 27.5. The Kier molecular flexibility index (Phi) is 11.3. The van der Waals surface area contributed by atoms with Crippen LogP contribution in [0, 0.1) is 0 Å². The Morgan fingerprint density at radius 2 is 1.61 bits per heavy atom. The highest BCUT2D eigenvalue weighted by atomic mass is 16.5. The number of amides is 2. The third kappa shape index (κ3) is 8.44. The Hall–Kier alpha value is -3.02. The molecule has 2 aromatic carbocycles. The molecule has 0 aliphatic heterocycles. The smallest absolute Gasteiger partial charge is 0.242 e. The van der Waals surface area contributed by atoms with E-state index in [0.717, 1.165) is 17.5 Å². The van der Waals surface area contributed by atoms with Gasteiger partial charge in [-0.25, -0.2) is 0 Å². The Balaban J connectivity index is 2.09. The Morgan fingerprint density at radius 3 is 2.27 bits per heavy atom. The predicted molar refractivity (Wildman–Crippen MR) is 132 cm³/mol. The van der Waals surface area contributed by atoms with Crippen LogP contribution in [0.2, 0.25) is 0 Å². The van der Waals surface area contributed by atoms with Crippen LogP contribution in [-0.4, -0.2) is 49.1 Å². The van der Waals surface area contributed by atoms with Gasteiger partial charge in [-0.15, -0.1) is 0 Å². The molecular weight excluding hydrogens is 416 g/mol. The summed E-state index contributed by atoms with van der Waals surface area (Å²) in [6.07, 6.45) is 2.45. The molecule has 0 spiro atoms. The standard InChI is InChI=1S/C27H38N2O4/c1-5-18-28-27(31)21(4)29(19-17-22-11-9-8-10-12-22)26(30)16-14-23-13-15-24(32-6-2)25(20-23)33-7-3/h8-13,15,20-21H,5-7,14,16-19H2,1-4H3,(H,28,31). The van der Waals surface area contributed by atoms with Crippen molar-refractivity contribution in [3.8, 4) is 11.5 Å². The van der Waals surface area contributed by atoms with Crippen molar-refractivity contribution in [3.05, 3.63) is 59.7 Å².